The number of amides is 2. The van der Waals surface area contributed by atoms with Crippen molar-refractivity contribution < 1.29 is 23.5 Å². The van der Waals surface area contributed by atoms with Crippen LogP contribution in [-0.4, -0.2) is 70.3 Å². The first-order chi connectivity index (χ1) is 16.4. The number of alkyl halides is 1. The van der Waals surface area contributed by atoms with E-state index < -0.39 is 18.2 Å². The number of hydrogen-bond acceptors (Lipinski definition) is 9. The Morgan fingerprint density at radius 2 is 2.06 bits per heavy atom. The molecule has 0 spiro atoms. The second-order valence-corrected chi connectivity index (χ2v) is 9.73. The lowest BCUT2D eigenvalue weighted by atomic mass is 9.78. The summed E-state index contributed by atoms with van der Waals surface area (Å²) in [5.41, 5.74) is -0.259. The van der Waals surface area contributed by atoms with Crippen molar-refractivity contribution in [3.05, 3.63) is 5.01 Å². The molecule has 2 fully saturated rings. The minimum absolute atomic E-state index is 0.0323. The summed E-state index contributed by atoms with van der Waals surface area (Å²) in [7, 11) is 0. The van der Waals surface area contributed by atoms with Crippen LogP contribution in [0.3, 0.4) is 0 Å². The summed E-state index contributed by atoms with van der Waals surface area (Å²) in [6, 6.07) is 1.30. The minimum atomic E-state index is -1.16. The minimum Gasteiger partial charge on any atom is -0.461 e. The molecule has 186 valence electrons. The molecule has 3 rings (SSSR count). The zero-order chi connectivity index (χ0) is 24.6. The molecule has 1 aliphatic carbocycles. The number of ether oxygens (including phenoxy) is 1. The van der Waals surface area contributed by atoms with Gasteiger partial charge in [-0.25, -0.2) is 9.18 Å². The van der Waals surface area contributed by atoms with Gasteiger partial charge in [0.05, 0.1) is 25.8 Å². The molecule has 0 radical (unpaired) electrons. The number of nitrogens with one attached hydrogen (secondary N) is 2. The molecule has 1 aromatic heterocycles. The van der Waals surface area contributed by atoms with E-state index >= 15 is 0 Å². The molecule has 0 aromatic carbocycles. The Bertz CT molecular complexity index is 913. The molecule has 0 unspecified atom stereocenters. The van der Waals surface area contributed by atoms with Gasteiger partial charge < -0.3 is 20.3 Å². The molecule has 2 aliphatic rings. The fraction of sp³-hybridized carbons (Fsp3) is 0.727. The predicted molar refractivity (Wildman–Crippen MR) is 123 cm³/mol. The van der Waals surface area contributed by atoms with Gasteiger partial charge in [0.2, 0.25) is 22.0 Å². The van der Waals surface area contributed by atoms with E-state index in [1.54, 1.807) is 6.92 Å². The molecular weight excluding hydrogens is 463 g/mol. The van der Waals surface area contributed by atoms with Crippen LogP contribution in [0.15, 0.2) is 0 Å². The normalized spacial score (nSPS) is 21.6. The molecule has 1 saturated carbocycles. The third kappa shape index (κ3) is 6.93. The summed E-state index contributed by atoms with van der Waals surface area (Å²) in [4.78, 5) is 38.0. The standard InChI is InChI=1S/C22H31FN6O4S/c1-2-33-20(32)19-27-28-21(34-19)26-17(30)7-6-10-22(8-4-3-5-9-22)25-13-18(31)29-14-15(23)11-16(29)12-24/h15-16,25H,2-11,13-14H2,1H3,(H,26,28,30)/t15-,16-/m0/s1. The van der Waals surface area contributed by atoms with Crippen molar-refractivity contribution >= 4 is 34.3 Å². The average molecular weight is 495 g/mol. The second kappa shape index (κ2) is 12.2. The van der Waals surface area contributed by atoms with Gasteiger partial charge in [0.25, 0.3) is 0 Å². The molecule has 2 amide bonds. The van der Waals surface area contributed by atoms with Crippen molar-refractivity contribution in [3.63, 3.8) is 0 Å². The summed E-state index contributed by atoms with van der Waals surface area (Å²) in [5, 5.41) is 23.1. The van der Waals surface area contributed by atoms with Gasteiger partial charge in [0.15, 0.2) is 0 Å². The number of carbonyl (C=O) groups excluding carboxylic acids is 3. The summed E-state index contributed by atoms with van der Waals surface area (Å²) < 4.78 is 18.5. The first-order valence-corrected chi connectivity index (χ1v) is 12.6. The summed E-state index contributed by atoms with van der Waals surface area (Å²) in [5.74, 6) is -1.06. The molecule has 1 saturated heterocycles. The van der Waals surface area contributed by atoms with E-state index in [2.05, 4.69) is 20.8 Å². The molecule has 2 heterocycles. The zero-order valence-corrected chi connectivity index (χ0v) is 20.2. The number of carbonyl (C=O) groups is 3. The number of likely N-dealkylation sites (tertiary alicyclic amines) is 1. The molecule has 10 nitrogen and oxygen atoms in total. The van der Waals surface area contributed by atoms with Crippen LogP contribution in [0.5, 0.6) is 0 Å². The first-order valence-electron chi connectivity index (χ1n) is 11.7. The highest BCUT2D eigenvalue weighted by molar-refractivity contribution is 7.17. The van der Waals surface area contributed by atoms with Crippen LogP contribution in [-0.2, 0) is 14.3 Å². The third-order valence-electron chi connectivity index (χ3n) is 6.33. The Morgan fingerprint density at radius 3 is 2.76 bits per heavy atom. The van der Waals surface area contributed by atoms with E-state index in [9.17, 15) is 24.0 Å². The van der Waals surface area contributed by atoms with E-state index in [1.807, 2.05) is 6.07 Å². The van der Waals surface area contributed by atoms with Crippen LogP contribution in [0.1, 0.15) is 74.5 Å². The van der Waals surface area contributed by atoms with E-state index in [0.717, 1.165) is 43.4 Å². The average Bonchev–Trinajstić information content (AvgIpc) is 3.44. The molecule has 1 aromatic rings. The Hall–Kier alpha value is -2.65. The van der Waals surface area contributed by atoms with Crippen LogP contribution < -0.4 is 10.6 Å². The smallest absolute Gasteiger partial charge is 0.369 e. The first kappa shape index (κ1) is 26.0. The number of nitriles is 1. The lowest BCUT2D eigenvalue weighted by Crippen LogP contribution is -2.51. The molecule has 1 aliphatic heterocycles. The Balaban J connectivity index is 1.48. The summed E-state index contributed by atoms with van der Waals surface area (Å²) in [6.45, 7) is 1.95. The predicted octanol–water partition coefficient (Wildman–Crippen LogP) is 2.58. The largest absolute Gasteiger partial charge is 0.461 e. The molecule has 0 bridgehead atoms. The van der Waals surface area contributed by atoms with E-state index in [-0.39, 0.29) is 60.0 Å². The van der Waals surface area contributed by atoms with Gasteiger partial charge in [0, 0.05) is 18.4 Å². The van der Waals surface area contributed by atoms with Crippen molar-refractivity contribution in [2.75, 3.05) is 25.0 Å². The van der Waals surface area contributed by atoms with Crippen molar-refractivity contribution in [3.8, 4) is 6.07 Å². The number of aromatic nitrogens is 2. The maximum Gasteiger partial charge on any atom is 0.369 e. The number of hydrogen-bond donors (Lipinski definition) is 2. The number of esters is 1. The highest BCUT2D eigenvalue weighted by atomic mass is 32.1. The van der Waals surface area contributed by atoms with Crippen molar-refractivity contribution in [2.45, 2.75) is 82.5 Å². The fourth-order valence-electron chi connectivity index (χ4n) is 4.61. The quantitative estimate of drug-likeness (QED) is 0.474. The van der Waals surface area contributed by atoms with Crippen LogP contribution in [0.2, 0.25) is 0 Å². The monoisotopic (exact) mass is 494 g/mol. The van der Waals surface area contributed by atoms with Gasteiger partial charge >= 0.3 is 5.97 Å². The molecular formula is C22H31FN6O4S. The van der Waals surface area contributed by atoms with Crippen LogP contribution in [0.4, 0.5) is 9.52 Å². The lowest BCUT2D eigenvalue weighted by Gasteiger charge is -2.39. The van der Waals surface area contributed by atoms with Crippen molar-refractivity contribution in [1.82, 2.24) is 20.4 Å². The van der Waals surface area contributed by atoms with Gasteiger partial charge in [-0.2, -0.15) is 5.26 Å². The number of anilines is 1. The van der Waals surface area contributed by atoms with Crippen molar-refractivity contribution in [1.29, 1.82) is 5.26 Å². The van der Waals surface area contributed by atoms with Gasteiger partial charge in [0.1, 0.15) is 12.2 Å². The van der Waals surface area contributed by atoms with Gasteiger partial charge in [-0.3, -0.25) is 9.59 Å². The van der Waals surface area contributed by atoms with Gasteiger partial charge in [-0.05, 0) is 32.6 Å². The van der Waals surface area contributed by atoms with E-state index in [4.69, 9.17) is 4.74 Å². The fourth-order valence-corrected chi connectivity index (χ4v) is 5.26. The van der Waals surface area contributed by atoms with Gasteiger partial charge in [-0.1, -0.05) is 30.6 Å². The highest BCUT2D eigenvalue weighted by Crippen LogP contribution is 2.33. The summed E-state index contributed by atoms with van der Waals surface area (Å²) in [6.07, 6.45) is 5.48. The van der Waals surface area contributed by atoms with Gasteiger partial charge in [-0.15, -0.1) is 10.2 Å². The maximum absolute atomic E-state index is 13.7. The van der Waals surface area contributed by atoms with Crippen LogP contribution >= 0.6 is 11.3 Å². The lowest BCUT2D eigenvalue weighted by molar-refractivity contribution is -0.131. The molecule has 2 N–H and O–H groups in total. The Labute approximate surface area is 202 Å². The van der Waals surface area contributed by atoms with Crippen LogP contribution in [0, 0.1) is 11.3 Å². The second-order valence-electron chi connectivity index (χ2n) is 8.75. The maximum atomic E-state index is 13.7. The van der Waals surface area contributed by atoms with E-state index in [0.29, 0.717) is 12.8 Å². The molecule has 34 heavy (non-hydrogen) atoms. The third-order valence-corrected chi connectivity index (χ3v) is 7.14. The molecule has 12 heteroatoms. The summed E-state index contributed by atoms with van der Waals surface area (Å²) >= 11 is 0.963. The number of nitrogens with zero attached hydrogens (tertiary/aromatic N) is 4. The highest BCUT2D eigenvalue weighted by Gasteiger charge is 2.37. The van der Waals surface area contributed by atoms with E-state index in [1.165, 1.54) is 4.90 Å². The van der Waals surface area contributed by atoms with Crippen LogP contribution in [0.25, 0.3) is 0 Å². The Morgan fingerprint density at radius 1 is 1.29 bits per heavy atom. The topological polar surface area (TPSA) is 137 Å². The SMILES string of the molecule is CCOC(=O)c1nnc(NC(=O)CCCC2(NCC(=O)N3C[C@@H](F)C[C@H]3C#N)CCCCC2)s1. The van der Waals surface area contributed by atoms with Crippen molar-refractivity contribution in [2.24, 2.45) is 0 Å². The number of rotatable bonds is 10. The number of halogens is 1. The Kier molecular flexibility index (Phi) is 9.29. The molecule has 2 atom stereocenters. The zero-order valence-electron chi connectivity index (χ0n) is 19.3.